The molecule has 0 bridgehead atoms. The van der Waals surface area contributed by atoms with Gasteiger partial charge in [0.2, 0.25) is 0 Å². The van der Waals surface area contributed by atoms with Crippen molar-refractivity contribution < 1.29 is 0 Å². The number of amidine groups is 1. The summed E-state index contributed by atoms with van der Waals surface area (Å²) in [4.78, 5) is 0. The number of hydrogen-bond donors (Lipinski definition) is 2. The van der Waals surface area contributed by atoms with Crippen LogP contribution in [0.4, 0.5) is 0 Å². The molecule has 0 unspecified atom stereocenters. The Balaban J connectivity index is 2.47. The summed E-state index contributed by atoms with van der Waals surface area (Å²) in [6.45, 7) is 0. The summed E-state index contributed by atoms with van der Waals surface area (Å²) < 4.78 is 2.80. The van der Waals surface area contributed by atoms with Gasteiger partial charge in [-0.3, -0.25) is 5.41 Å². The highest BCUT2D eigenvalue weighted by Gasteiger charge is 1.94. The topological polar surface area (TPSA) is 35.9 Å². The zero-order valence-corrected chi connectivity index (χ0v) is 4.59. The third-order valence-corrected chi connectivity index (χ3v) is 1.36. The van der Waals surface area contributed by atoms with Crippen molar-refractivity contribution >= 4 is 17.8 Å². The minimum Gasteiger partial charge on any atom is -0.315 e. The Morgan fingerprint density at radius 1 is 1.86 bits per heavy atom. The van der Waals surface area contributed by atoms with Crippen LogP contribution in [0.2, 0.25) is 0 Å². The molecule has 2 N–H and O–H groups in total. The van der Waals surface area contributed by atoms with Crippen LogP contribution in [-0.2, 0) is 0 Å². The molecule has 0 atom stereocenters. The smallest absolute Gasteiger partial charge is 0.107 e. The first-order chi connectivity index (χ1) is 3.39. The van der Waals surface area contributed by atoms with E-state index in [0.29, 0.717) is 5.84 Å². The third kappa shape index (κ3) is 1.23. The van der Waals surface area contributed by atoms with Crippen LogP contribution in [0.1, 0.15) is 6.42 Å². The Morgan fingerprint density at radius 3 is 3.00 bits per heavy atom. The van der Waals surface area contributed by atoms with Crippen LogP contribution in [0.15, 0.2) is 11.5 Å². The van der Waals surface area contributed by atoms with E-state index >= 15 is 0 Å². The predicted molar refractivity (Wildman–Crippen MR) is 32.2 cm³/mol. The Bertz CT molecular complexity index is 108. The second-order valence-corrected chi connectivity index (χ2v) is 1.99. The van der Waals surface area contributed by atoms with Crippen LogP contribution in [0.25, 0.3) is 0 Å². The van der Waals surface area contributed by atoms with Crippen LogP contribution >= 0.6 is 11.9 Å². The van der Waals surface area contributed by atoms with E-state index in [0.717, 1.165) is 6.42 Å². The van der Waals surface area contributed by atoms with Crippen molar-refractivity contribution in [3.8, 4) is 0 Å². The molecule has 38 valence electrons. The normalized spacial score (nSPS) is 19.1. The molecule has 0 aromatic heterocycles. The highest BCUT2D eigenvalue weighted by Crippen LogP contribution is 2.03. The van der Waals surface area contributed by atoms with Crippen LogP contribution in [0, 0.1) is 5.41 Å². The fraction of sp³-hybridized carbons (Fsp3) is 0.250. The summed E-state index contributed by atoms with van der Waals surface area (Å²) in [6.07, 6.45) is 2.72. The van der Waals surface area contributed by atoms with Gasteiger partial charge in [-0.2, -0.15) is 0 Å². The molecule has 0 aromatic carbocycles. The molecule has 0 amide bonds. The van der Waals surface area contributed by atoms with Crippen molar-refractivity contribution in [1.82, 2.24) is 4.72 Å². The van der Waals surface area contributed by atoms with Gasteiger partial charge >= 0.3 is 0 Å². The maximum Gasteiger partial charge on any atom is 0.107 e. The van der Waals surface area contributed by atoms with Gasteiger partial charge in [-0.05, 0) is 17.4 Å². The molecule has 1 aliphatic rings. The lowest BCUT2D eigenvalue weighted by molar-refractivity contribution is 1.26. The molecule has 1 rings (SSSR count). The molecule has 0 saturated carbocycles. The number of rotatable bonds is 0. The highest BCUT2D eigenvalue weighted by atomic mass is 32.2. The van der Waals surface area contributed by atoms with E-state index in [-0.39, 0.29) is 0 Å². The molecule has 0 aliphatic carbocycles. The summed E-state index contributed by atoms with van der Waals surface area (Å²) in [5, 5.41) is 8.95. The largest absolute Gasteiger partial charge is 0.315 e. The first-order valence-corrected chi connectivity index (χ1v) is 2.91. The molecule has 0 aromatic rings. The second-order valence-electron chi connectivity index (χ2n) is 1.27. The summed E-state index contributed by atoms with van der Waals surface area (Å²) in [5.41, 5.74) is 0. The van der Waals surface area contributed by atoms with Crippen molar-refractivity contribution in [1.29, 1.82) is 5.41 Å². The lowest BCUT2D eigenvalue weighted by Crippen LogP contribution is -2.14. The standard InChI is InChI=1S/C4H6N2S/c5-4-2-1-3-7-6-4/h1,3H,2H2,(H2,5,6). The zero-order valence-electron chi connectivity index (χ0n) is 3.77. The maximum absolute atomic E-state index is 7.01. The van der Waals surface area contributed by atoms with Gasteiger partial charge in [0.25, 0.3) is 0 Å². The van der Waals surface area contributed by atoms with Gasteiger partial charge in [-0.25, -0.2) is 0 Å². The van der Waals surface area contributed by atoms with Gasteiger partial charge in [0.15, 0.2) is 0 Å². The summed E-state index contributed by atoms with van der Waals surface area (Å²) in [7, 11) is 0. The van der Waals surface area contributed by atoms with Crippen molar-refractivity contribution in [2.45, 2.75) is 6.42 Å². The fourth-order valence-electron chi connectivity index (χ4n) is 0.361. The minimum absolute atomic E-state index is 0.590. The highest BCUT2D eigenvalue weighted by molar-refractivity contribution is 8.00. The quantitative estimate of drug-likeness (QED) is 0.463. The van der Waals surface area contributed by atoms with E-state index in [1.165, 1.54) is 11.9 Å². The SMILES string of the molecule is N=C1CC=CSN1. The van der Waals surface area contributed by atoms with Crippen LogP contribution in [0.3, 0.4) is 0 Å². The molecule has 0 saturated heterocycles. The van der Waals surface area contributed by atoms with Crippen molar-refractivity contribution in [2.75, 3.05) is 0 Å². The molecule has 2 nitrogen and oxygen atoms in total. The number of hydrogen-bond acceptors (Lipinski definition) is 2. The monoisotopic (exact) mass is 114 g/mol. The molecule has 1 heterocycles. The third-order valence-electron chi connectivity index (χ3n) is 0.668. The predicted octanol–water partition coefficient (Wildman–Crippen LogP) is 1.12. The molecular formula is C4H6N2S. The van der Waals surface area contributed by atoms with E-state index in [2.05, 4.69) is 4.72 Å². The molecule has 0 fully saturated rings. The molecule has 7 heavy (non-hydrogen) atoms. The minimum atomic E-state index is 0.590. The lowest BCUT2D eigenvalue weighted by Gasteiger charge is -2.04. The van der Waals surface area contributed by atoms with Gasteiger partial charge in [-0.15, -0.1) is 0 Å². The summed E-state index contributed by atoms with van der Waals surface area (Å²) in [5.74, 6) is 0.590. The Labute approximate surface area is 46.6 Å². The zero-order chi connectivity index (χ0) is 5.11. The average Bonchev–Trinajstić information content (AvgIpc) is 1.69. The average molecular weight is 114 g/mol. The van der Waals surface area contributed by atoms with Crippen molar-refractivity contribution in [3.05, 3.63) is 11.5 Å². The first-order valence-electron chi connectivity index (χ1n) is 2.03. The van der Waals surface area contributed by atoms with E-state index in [9.17, 15) is 0 Å². The molecule has 1 aliphatic heterocycles. The molecular weight excluding hydrogens is 108 g/mol. The summed E-state index contributed by atoms with van der Waals surface area (Å²) in [6, 6.07) is 0. The second kappa shape index (κ2) is 2.02. The first kappa shape index (κ1) is 4.71. The lowest BCUT2D eigenvalue weighted by atomic mass is 10.4. The van der Waals surface area contributed by atoms with Gasteiger partial charge in [0.1, 0.15) is 5.84 Å². The molecule has 0 radical (unpaired) electrons. The molecule has 0 spiro atoms. The Morgan fingerprint density at radius 2 is 2.71 bits per heavy atom. The van der Waals surface area contributed by atoms with Crippen molar-refractivity contribution in [3.63, 3.8) is 0 Å². The maximum atomic E-state index is 7.01. The van der Waals surface area contributed by atoms with Gasteiger partial charge in [-0.1, -0.05) is 6.08 Å². The van der Waals surface area contributed by atoms with E-state index in [1.807, 2.05) is 11.5 Å². The molecule has 3 heteroatoms. The van der Waals surface area contributed by atoms with Crippen LogP contribution in [-0.4, -0.2) is 5.84 Å². The van der Waals surface area contributed by atoms with E-state index < -0.39 is 0 Å². The van der Waals surface area contributed by atoms with Crippen LogP contribution in [0.5, 0.6) is 0 Å². The number of nitrogens with one attached hydrogen (secondary N) is 2. The van der Waals surface area contributed by atoms with Gasteiger partial charge in [0, 0.05) is 6.42 Å². The Kier molecular flexibility index (Phi) is 1.36. The Hall–Kier alpha value is -0.440. The van der Waals surface area contributed by atoms with E-state index in [1.54, 1.807) is 0 Å². The van der Waals surface area contributed by atoms with E-state index in [4.69, 9.17) is 5.41 Å². The summed E-state index contributed by atoms with van der Waals surface area (Å²) >= 11 is 1.45. The van der Waals surface area contributed by atoms with Crippen molar-refractivity contribution in [2.24, 2.45) is 0 Å². The van der Waals surface area contributed by atoms with Gasteiger partial charge in [0.05, 0.1) is 0 Å². The van der Waals surface area contributed by atoms with Gasteiger partial charge < -0.3 is 4.72 Å². The van der Waals surface area contributed by atoms with Crippen LogP contribution < -0.4 is 4.72 Å². The fourth-order valence-corrected chi connectivity index (χ4v) is 0.847.